The standard InChI is InChI=1S/C9H10ClN5O2S/c1-18(16,17)7-3-2-5(4-6(7)10)15-9(12)13-8(11)14-15/h2-4H,1H3,(H4,11,12,13,14). The van der Waals surface area contributed by atoms with E-state index in [9.17, 15) is 8.42 Å². The van der Waals surface area contributed by atoms with Gasteiger partial charge in [-0.05, 0) is 18.2 Å². The van der Waals surface area contributed by atoms with Gasteiger partial charge in [0, 0.05) is 6.26 Å². The van der Waals surface area contributed by atoms with E-state index in [1.54, 1.807) is 0 Å². The average molecular weight is 288 g/mol. The average Bonchev–Trinajstić information content (AvgIpc) is 2.55. The summed E-state index contributed by atoms with van der Waals surface area (Å²) < 4.78 is 24.1. The highest BCUT2D eigenvalue weighted by Crippen LogP contribution is 2.25. The van der Waals surface area contributed by atoms with E-state index in [0.717, 1.165) is 6.26 Å². The maximum Gasteiger partial charge on any atom is 0.241 e. The molecule has 4 N–H and O–H groups in total. The van der Waals surface area contributed by atoms with E-state index in [2.05, 4.69) is 10.1 Å². The molecule has 0 aliphatic carbocycles. The minimum Gasteiger partial charge on any atom is -0.368 e. The Morgan fingerprint density at radius 2 is 2.00 bits per heavy atom. The van der Waals surface area contributed by atoms with Crippen molar-refractivity contribution in [1.29, 1.82) is 0 Å². The van der Waals surface area contributed by atoms with Crippen LogP contribution in [0.4, 0.5) is 11.9 Å². The number of hydrogen-bond donors (Lipinski definition) is 2. The third kappa shape index (κ3) is 2.24. The van der Waals surface area contributed by atoms with E-state index >= 15 is 0 Å². The van der Waals surface area contributed by atoms with Crippen LogP contribution in [-0.4, -0.2) is 29.4 Å². The molecular weight excluding hydrogens is 278 g/mol. The summed E-state index contributed by atoms with van der Waals surface area (Å²) in [7, 11) is -3.37. The van der Waals surface area contributed by atoms with E-state index < -0.39 is 9.84 Å². The lowest BCUT2D eigenvalue weighted by atomic mass is 10.3. The van der Waals surface area contributed by atoms with Gasteiger partial charge in [0.25, 0.3) is 0 Å². The number of sulfone groups is 1. The molecule has 7 nitrogen and oxygen atoms in total. The molecule has 0 bridgehead atoms. The number of aromatic nitrogens is 3. The second-order valence-corrected chi connectivity index (χ2v) is 6.02. The lowest BCUT2D eigenvalue weighted by Crippen LogP contribution is -2.04. The van der Waals surface area contributed by atoms with Crippen molar-refractivity contribution in [3.05, 3.63) is 23.2 Å². The number of nitrogens with zero attached hydrogens (tertiary/aromatic N) is 3. The predicted octanol–water partition coefficient (Wildman–Crippen LogP) is 0.489. The van der Waals surface area contributed by atoms with Crippen LogP contribution in [0.25, 0.3) is 5.69 Å². The van der Waals surface area contributed by atoms with Crippen LogP contribution in [-0.2, 0) is 9.84 Å². The van der Waals surface area contributed by atoms with Gasteiger partial charge in [-0.2, -0.15) is 9.67 Å². The number of hydrogen-bond acceptors (Lipinski definition) is 6. The summed E-state index contributed by atoms with van der Waals surface area (Å²) in [4.78, 5) is 3.78. The smallest absolute Gasteiger partial charge is 0.241 e. The Bertz CT molecular complexity index is 710. The Hall–Kier alpha value is -1.80. The highest BCUT2D eigenvalue weighted by molar-refractivity contribution is 7.90. The van der Waals surface area contributed by atoms with Crippen LogP contribution < -0.4 is 11.5 Å². The number of anilines is 2. The fraction of sp³-hybridized carbons (Fsp3) is 0.111. The van der Waals surface area contributed by atoms with E-state index in [0.29, 0.717) is 5.69 Å². The first kappa shape index (κ1) is 12.7. The molecule has 1 aromatic carbocycles. The number of nitrogen functional groups attached to an aromatic ring is 2. The van der Waals surface area contributed by atoms with Crippen LogP contribution in [0.2, 0.25) is 5.02 Å². The topological polar surface area (TPSA) is 117 Å². The molecule has 0 aliphatic heterocycles. The van der Waals surface area contributed by atoms with Gasteiger partial charge in [-0.15, -0.1) is 5.10 Å². The van der Waals surface area contributed by atoms with Crippen molar-refractivity contribution in [2.45, 2.75) is 4.90 Å². The molecular formula is C9H10ClN5O2S. The number of halogens is 1. The lowest BCUT2D eigenvalue weighted by molar-refractivity contribution is 0.602. The highest BCUT2D eigenvalue weighted by Gasteiger charge is 2.14. The molecule has 9 heteroatoms. The number of rotatable bonds is 2. The van der Waals surface area contributed by atoms with Gasteiger partial charge in [0.1, 0.15) is 0 Å². The molecule has 96 valence electrons. The van der Waals surface area contributed by atoms with Crippen molar-refractivity contribution < 1.29 is 8.42 Å². The molecule has 0 fully saturated rings. The molecule has 18 heavy (non-hydrogen) atoms. The fourth-order valence-electron chi connectivity index (χ4n) is 1.45. The molecule has 0 radical (unpaired) electrons. The van der Waals surface area contributed by atoms with E-state index in [4.69, 9.17) is 23.1 Å². The zero-order valence-corrected chi connectivity index (χ0v) is 10.9. The SMILES string of the molecule is CS(=O)(=O)c1ccc(-n2nc(N)nc2N)cc1Cl. The first-order chi connectivity index (χ1) is 8.29. The predicted molar refractivity (Wildman–Crippen MR) is 68.3 cm³/mol. The van der Waals surface area contributed by atoms with Crippen molar-refractivity contribution >= 4 is 33.3 Å². The summed E-state index contributed by atoms with van der Waals surface area (Å²) in [5.74, 6) is 0.117. The van der Waals surface area contributed by atoms with Gasteiger partial charge < -0.3 is 11.5 Å². The molecule has 1 aromatic heterocycles. The molecule has 2 aromatic rings. The van der Waals surface area contributed by atoms with Gasteiger partial charge in [0.05, 0.1) is 15.6 Å². The monoisotopic (exact) mass is 287 g/mol. The Morgan fingerprint density at radius 3 is 2.44 bits per heavy atom. The molecule has 0 amide bonds. The largest absolute Gasteiger partial charge is 0.368 e. The van der Waals surface area contributed by atoms with Gasteiger partial charge in [0.15, 0.2) is 9.84 Å². The van der Waals surface area contributed by atoms with Crippen molar-refractivity contribution in [3.8, 4) is 5.69 Å². The first-order valence-corrected chi connectivity index (χ1v) is 7.04. The zero-order chi connectivity index (χ0) is 13.5. The van der Waals surface area contributed by atoms with Crippen LogP contribution in [0.15, 0.2) is 23.1 Å². The minimum absolute atomic E-state index is 0.0239. The van der Waals surface area contributed by atoms with Crippen LogP contribution in [0.5, 0.6) is 0 Å². The molecule has 0 saturated heterocycles. The summed E-state index contributed by atoms with van der Waals surface area (Å²) in [6.45, 7) is 0. The second kappa shape index (κ2) is 4.14. The Kier molecular flexibility index (Phi) is 2.91. The Labute approximate surface area is 108 Å². The van der Waals surface area contributed by atoms with Gasteiger partial charge >= 0.3 is 0 Å². The molecule has 2 rings (SSSR count). The Balaban J connectivity index is 2.57. The van der Waals surface area contributed by atoms with Gasteiger partial charge in [-0.25, -0.2) is 8.42 Å². The maximum atomic E-state index is 11.4. The van der Waals surface area contributed by atoms with E-state index in [1.165, 1.54) is 22.9 Å². The highest BCUT2D eigenvalue weighted by atomic mass is 35.5. The first-order valence-electron chi connectivity index (χ1n) is 4.77. The fourth-order valence-corrected chi connectivity index (χ4v) is 2.78. The molecule has 0 saturated carbocycles. The third-order valence-electron chi connectivity index (χ3n) is 2.21. The van der Waals surface area contributed by atoms with Gasteiger partial charge in [0.2, 0.25) is 11.9 Å². The molecule has 0 atom stereocenters. The minimum atomic E-state index is -3.37. The van der Waals surface area contributed by atoms with E-state index in [1.807, 2.05) is 0 Å². The summed E-state index contributed by atoms with van der Waals surface area (Å²) in [5.41, 5.74) is 11.5. The van der Waals surface area contributed by atoms with Crippen molar-refractivity contribution in [1.82, 2.24) is 14.8 Å². The van der Waals surface area contributed by atoms with Crippen LogP contribution in [0.3, 0.4) is 0 Å². The van der Waals surface area contributed by atoms with Crippen LogP contribution in [0.1, 0.15) is 0 Å². The Morgan fingerprint density at radius 1 is 1.33 bits per heavy atom. The quantitative estimate of drug-likeness (QED) is 0.830. The second-order valence-electron chi connectivity index (χ2n) is 3.63. The normalized spacial score (nSPS) is 11.7. The van der Waals surface area contributed by atoms with E-state index in [-0.39, 0.29) is 21.8 Å². The lowest BCUT2D eigenvalue weighted by Gasteiger charge is -2.06. The third-order valence-corrected chi connectivity index (χ3v) is 3.79. The molecule has 1 heterocycles. The van der Waals surface area contributed by atoms with Gasteiger partial charge in [-0.1, -0.05) is 11.6 Å². The summed E-state index contributed by atoms with van der Waals surface area (Å²) >= 11 is 5.91. The maximum absolute atomic E-state index is 11.4. The zero-order valence-electron chi connectivity index (χ0n) is 9.33. The van der Waals surface area contributed by atoms with Crippen LogP contribution in [0, 0.1) is 0 Å². The molecule has 0 aliphatic rings. The van der Waals surface area contributed by atoms with Gasteiger partial charge in [-0.3, -0.25) is 0 Å². The van der Waals surface area contributed by atoms with Crippen LogP contribution >= 0.6 is 11.6 Å². The summed E-state index contributed by atoms with van der Waals surface area (Å²) in [6, 6.07) is 4.33. The number of nitrogens with two attached hydrogens (primary N) is 2. The van der Waals surface area contributed by atoms with Crippen molar-refractivity contribution in [2.24, 2.45) is 0 Å². The van der Waals surface area contributed by atoms with Crippen molar-refractivity contribution in [2.75, 3.05) is 17.7 Å². The molecule has 0 spiro atoms. The molecule has 0 unspecified atom stereocenters. The summed E-state index contributed by atoms with van der Waals surface area (Å²) in [5, 5.41) is 3.95. The number of benzene rings is 1. The summed E-state index contributed by atoms with van der Waals surface area (Å²) in [6.07, 6.45) is 1.08. The van der Waals surface area contributed by atoms with Crippen molar-refractivity contribution in [3.63, 3.8) is 0 Å².